The molecule has 1 atom stereocenters. The zero-order valence-corrected chi connectivity index (χ0v) is 22.4. The van der Waals surface area contributed by atoms with Crippen molar-refractivity contribution in [2.75, 3.05) is 6.61 Å². The molecule has 0 fully saturated rings. The van der Waals surface area contributed by atoms with Gasteiger partial charge in [-0.3, -0.25) is 9.59 Å². The monoisotopic (exact) mass is 506 g/mol. The summed E-state index contributed by atoms with van der Waals surface area (Å²) in [7, 11) is 0. The summed E-state index contributed by atoms with van der Waals surface area (Å²) in [6.45, 7) is 9.80. The number of amides is 2. The summed E-state index contributed by atoms with van der Waals surface area (Å²) in [5.41, 5.74) is 3.42. The summed E-state index contributed by atoms with van der Waals surface area (Å²) in [5.74, 6) is 0.166. The van der Waals surface area contributed by atoms with E-state index in [2.05, 4.69) is 5.32 Å². The topological polar surface area (TPSA) is 58.6 Å². The zero-order chi connectivity index (χ0) is 26.3. The number of benzene rings is 3. The minimum atomic E-state index is -0.736. The first-order chi connectivity index (χ1) is 17.0. The Bertz CT molecular complexity index is 1190. The van der Waals surface area contributed by atoms with Crippen molar-refractivity contribution in [1.29, 1.82) is 0 Å². The Balaban J connectivity index is 1.95. The highest BCUT2D eigenvalue weighted by Gasteiger charge is 2.32. The van der Waals surface area contributed by atoms with Crippen molar-refractivity contribution in [2.24, 2.45) is 0 Å². The maximum absolute atomic E-state index is 13.7. The molecule has 0 unspecified atom stereocenters. The first-order valence-corrected chi connectivity index (χ1v) is 12.5. The second kappa shape index (κ2) is 12.1. The van der Waals surface area contributed by atoms with Crippen LogP contribution in [0.2, 0.25) is 5.02 Å². The molecule has 6 heteroatoms. The number of hydrogen-bond acceptors (Lipinski definition) is 3. The third-order valence-electron chi connectivity index (χ3n) is 5.92. The fourth-order valence-corrected chi connectivity index (χ4v) is 4.15. The summed E-state index contributed by atoms with van der Waals surface area (Å²) >= 11 is 6.23. The smallest absolute Gasteiger partial charge is 0.261 e. The van der Waals surface area contributed by atoms with Crippen LogP contribution >= 0.6 is 11.6 Å². The molecule has 3 aromatic rings. The van der Waals surface area contributed by atoms with Gasteiger partial charge in [-0.25, -0.2) is 0 Å². The molecule has 190 valence electrons. The summed E-state index contributed by atoms with van der Waals surface area (Å²) in [6.07, 6.45) is 0.374. The molecule has 0 heterocycles. The Kier molecular flexibility index (Phi) is 9.16. The van der Waals surface area contributed by atoms with Crippen molar-refractivity contribution in [3.8, 4) is 5.75 Å². The van der Waals surface area contributed by atoms with E-state index in [0.717, 1.165) is 22.3 Å². The molecule has 0 aliphatic rings. The molecular weight excluding hydrogens is 472 g/mol. The molecule has 1 N–H and O–H groups in total. The zero-order valence-electron chi connectivity index (χ0n) is 21.7. The average molecular weight is 507 g/mol. The molecule has 0 bridgehead atoms. The van der Waals surface area contributed by atoms with E-state index >= 15 is 0 Å². The van der Waals surface area contributed by atoms with E-state index in [1.54, 1.807) is 11.0 Å². The van der Waals surface area contributed by atoms with E-state index in [4.69, 9.17) is 16.3 Å². The lowest BCUT2D eigenvalue weighted by atomic mass is 10.0. The Hall–Kier alpha value is -3.31. The first-order valence-electron chi connectivity index (χ1n) is 12.1. The van der Waals surface area contributed by atoms with Gasteiger partial charge in [-0.05, 0) is 75.1 Å². The van der Waals surface area contributed by atoms with Crippen molar-refractivity contribution in [3.05, 3.63) is 100 Å². The van der Waals surface area contributed by atoms with Gasteiger partial charge in [0, 0.05) is 23.5 Å². The minimum absolute atomic E-state index is 0.182. The molecule has 3 rings (SSSR count). The molecule has 36 heavy (non-hydrogen) atoms. The van der Waals surface area contributed by atoms with E-state index in [0.29, 0.717) is 17.2 Å². The van der Waals surface area contributed by atoms with Crippen molar-refractivity contribution in [1.82, 2.24) is 10.2 Å². The van der Waals surface area contributed by atoms with Crippen molar-refractivity contribution in [3.63, 3.8) is 0 Å². The second-order valence-electron chi connectivity index (χ2n) is 10.1. The van der Waals surface area contributed by atoms with Crippen LogP contribution in [-0.2, 0) is 22.6 Å². The number of carbonyl (C=O) groups excluding carboxylic acids is 2. The molecule has 5 nitrogen and oxygen atoms in total. The highest BCUT2D eigenvalue weighted by Crippen LogP contribution is 2.22. The van der Waals surface area contributed by atoms with Gasteiger partial charge in [0.15, 0.2) is 6.61 Å². The minimum Gasteiger partial charge on any atom is -0.483 e. The number of ether oxygens (including phenoxy) is 1. The van der Waals surface area contributed by atoms with Crippen LogP contribution in [0.25, 0.3) is 0 Å². The second-order valence-corrected chi connectivity index (χ2v) is 10.5. The van der Waals surface area contributed by atoms with E-state index < -0.39 is 11.6 Å². The summed E-state index contributed by atoms with van der Waals surface area (Å²) < 4.78 is 5.95. The lowest BCUT2D eigenvalue weighted by Crippen LogP contribution is -2.55. The van der Waals surface area contributed by atoms with Gasteiger partial charge < -0.3 is 15.0 Å². The van der Waals surface area contributed by atoms with Gasteiger partial charge in [-0.2, -0.15) is 0 Å². The molecule has 0 aromatic heterocycles. The summed E-state index contributed by atoms with van der Waals surface area (Å²) in [4.78, 5) is 28.9. The van der Waals surface area contributed by atoms with Gasteiger partial charge in [0.2, 0.25) is 5.91 Å². The van der Waals surface area contributed by atoms with E-state index in [1.807, 2.05) is 101 Å². The largest absolute Gasteiger partial charge is 0.483 e. The standard InChI is InChI=1S/C30H35ClN2O3/c1-21-11-9-16-27(22(21)2)36-20-28(34)33(19-24-14-10-15-25(31)17-24)26(29(35)32-30(3,4)5)18-23-12-7-6-8-13-23/h6-17,26H,18-20H2,1-5H3,(H,32,35)/t26-/m0/s1. The number of rotatable bonds is 9. The Morgan fingerprint density at radius 1 is 0.944 bits per heavy atom. The van der Waals surface area contributed by atoms with Gasteiger partial charge in [-0.15, -0.1) is 0 Å². The summed E-state index contributed by atoms with van der Waals surface area (Å²) in [5, 5.41) is 3.64. The lowest BCUT2D eigenvalue weighted by molar-refractivity contribution is -0.143. The number of hydrogen-bond donors (Lipinski definition) is 1. The van der Waals surface area contributed by atoms with Crippen molar-refractivity contribution < 1.29 is 14.3 Å². The molecule has 0 spiro atoms. The van der Waals surface area contributed by atoms with Crippen LogP contribution in [0, 0.1) is 13.8 Å². The number of aryl methyl sites for hydroxylation is 1. The third kappa shape index (κ3) is 7.85. The quantitative estimate of drug-likeness (QED) is 0.393. The van der Waals surface area contributed by atoms with E-state index in [1.165, 1.54) is 0 Å². The molecule has 3 aromatic carbocycles. The maximum atomic E-state index is 13.7. The fraction of sp³-hybridized carbons (Fsp3) is 0.333. The van der Waals surface area contributed by atoms with Crippen molar-refractivity contribution >= 4 is 23.4 Å². The Labute approximate surface area is 219 Å². The van der Waals surface area contributed by atoms with Crippen LogP contribution < -0.4 is 10.1 Å². The third-order valence-corrected chi connectivity index (χ3v) is 6.15. The van der Waals surface area contributed by atoms with Gasteiger partial charge in [-0.1, -0.05) is 66.2 Å². The Morgan fingerprint density at radius 2 is 1.61 bits per heavy atom. The molecular formula is C30H35ClN2O3. The normalized spacial score (nSPS) is 12.1. The molecule has 2 amide bonds. The van der Waals surface area contributed by atoms with Crippen LogP contribution in [0.5, 0.6) is 5.75 Å². The molecule has 0 saturated carbocycles. The SMILES string of the molecule is Cc1cccc(OCC(=O)N(Cc2cccc(Cl)c2)[C@@H](Cc2ccccc2)C(=O)NC(C)(C)C)c1C. The van der Waals surface area contributed by atoms with Gasteiger partial charge in [0.05, 0.1) is 0 Å². The van der Waals surface area contributed by atoms with Crippen LogP contribution in [-0.4, -0.2) is 34.9 Å². The fourth-order valence-electron chi connectivity index (χ4n) is 3.94. The maximum Gasteiger partial charge on any atom is 0.261 e. The van der Waals surface area contributed by atoms with Crippen LogP contribution in [0.1, 0.15) is 43.0 Å². The predicted molar refractivity (Wildman–Crippen MR) is 145 cm³/mol. The van der Waals surface area contributed by atoms with Crippen LogP contribution in [0.3, 0.4) is 0 Å². The van der Waals surface area contributed by atoms with Gasteiger partial charge in [0.25, 0.3) is 5.91 Å². The highest BCUT2D eigenvalue weighted by molar-refractivity contribution is 6.30. The van der Waals surface area contributed by atoms with Gasteiger partial charge in [0.1, 0.15) is 11.8 Å². The highest BCUT2D eigenvalue weighted by atomic mass is 35.5. The molecule has 0 saturated heterocycles. The number of nitrogens with zero attached hydrogens (tertiary/aromatic N) is 1. The number of halogens is 1. The van der Waals surface area contributed by atoms with E-state index in [-0.39, 0.29) is 25.0 Å². The predicted octanol–water partition coefficient (Wildman–Crippen LogP) is 5.89. The lowest BCUT2D eigenvalue weighted by Gasteiger charge is -2.34. The molecule has 0 aliphatic carbocycles. The first kappa shape index (κ1) is 27.3. The number of carbonyl (C=O) groups is 2. The number of nitrogens with one attached hydrogen (secondary N) is 1. The summed E-state index contributed by atoms with van der Waals surface area (Å²) in [6, 6.07) is 22.1. The van der Waals surface area contributed by atoms with E-state index in [9.17, 15) is 9.59 Å². The molecule has 0 radical (unpaired) electrons. The Morgan fingerprint density at radius 3 is 2.28 bits per heavy atom. The average Bonchev–Trinajstić information content (AvgIpc) is 2.81. The van der Waals surface area contributed by atoms with Crippen molar-refractivity contribution in [2.45, 2.75) is 59.2 Å². The molecule has 0 aliphatic heterocycles. The van der Waals surface area contributed by atoms with Gasteiger partial charge >= 0.3 is 0 Å². The van der Waals surface area contributed by atoms with Crippen LogP contribution in [0.4, 0.5) is 0 Å². The van der Waals surface area contributed by atoms with Crippen LogP contribution in [0.15, 0.2) is 72.8 Å².